The normalized spacial score (nSPS) is 14.9. The molecule has 2 aliphatic rings. The SMILES string of the molecule is C/C=C\C(F)=C/N(C=O)c1ccc(N2CCc3c(C(N)=O)nn(-c4ccc5c(c4)CCO5)c3C2=O)cc1. The van der Waals surface area contributed by atoms with Crippen LogP contribution in [0.1, 0.15) is 39.0 Å². The number of hydrogen-bond donors (Lipinski definition) is 1. The van der Waals surface area contributed by atoms with E-state index in [4.69, 9.17) is 10.5 Å². The van der Waals surface area contributed by atoms with Gasteiger partial charge in [0.15, 0.2) is 5.69 Å². The van der Waals surface area contributed by atoms with Crippen molar-refractivity contribution in [2.24, 2.45) is 5.73 Å². The Bertz CT molecular complexity index is 1460. The zero-order valence-electron chi connectivity index (χ0n) is 20.1. The number of ether oxygens (including phenoxy) is 1. The summed E-state index contributed by atoms with van der Waals surface area (Å²) in [5.41, 5.74) is 9.10. The minimum absolute atomic E-state index is 0.0756. The van der Waals surface area contributed by atoms with Crippen molar-refractivity contribution in [2.45, 2.75) is 19.8 Å². The Labute approximate surface area is 212 Å². The maximum absolute atomic E-state index is 13.9. The number of amides is 3. The summed E-state index contributed by atoms with van der Waals surface area (Å²) < 4.78 is 20.9. The molecule has 0 fully saturated rings. The molecule has 10 heteroatoms. The molecular formula is C27H24FN5O4. The maximum Gasteiger partial charge on any atom is 0.277 e. The van der Waals surface area contributed by atoms with Gasteiger partial charge in [0.1, 0.15) is 17.3 Å². The predicted octanol–water partition coefficient (Wildman–Crippen LogP) is 3.46. The maximum atomic E-state index is 13.9. The molecule has 37 heavy (non-hydrogen) atoms. The summed E-state index contributed by atoms with van der Waals surface area (Å²) in [6.45, 7) is 2.57. The average molecular weight is 502 g/mol. The van der Waals surface area contributed by atoms with Gasteiger partial charge in [0.2, 0.25) is 6.41 Å². The van der Waals surface area contributed by atoms with Crippen molar-refractivity contribution in [3.8, 4) is 11.4 Å². The number of carbonyl (C=O) groups is 3. The standard InChI is InChI=1S/C27H24FN5O4/c1-2-3-18(28)15-31(16-34)19-4-6-20(7-5-19)32-12-10-22-24(26(29)35)30-33(25(22)27(32)36)21-8-9-23-17(14-21)11-13-37-23/h2-9,14-16H,10-13H2,1H3,(H2,29,35)/b3-2-,18-15+. The van der Waals surface area contributed by atoms with E-state index in [1.807, 2.05) is 12.1 Å². The molecule has 0 atom stereocenters. The van der Waals surface area contributed by atoms with Gasteiger partial charge in [0, 0.05) is 36.1 Å². The van der Waals surface area contributed by atoms with Crippen LogP contribution in [0.25, 0.3) is 5.69 Å². The molecule has 9 nitrogen and oxygen atoms in total. The van der Waals surface area contributed by atoms with Gasteiger partial charge in [0.25, 0.3) is 11.8 Å². The van der Waals surface area contributed by atoms with Gasteiger partial charge in [-0.05, 0) is 67.4 Å². The highest BCUT2D eigenvalue weighted by Gasteiger charge is 2.34. The van der Waals surface area contributed by atoms with Crippen LogP contribution in [-0.4, -0.2) is 41.2 Å². The Morgan fingerprint density at radius 1 is 1.16 bits per heavy atom. The number of nitrogens with two attached hydrogens (primary N) is 1. The van der Waals surface area contributed by atoms with Crippen LogP contribution in [0.3, 0.4) is 0 Å². The average Bonchev–Trinajstić information content (AvgIpc) is 3.53. The predicted molar refractivity (Wildman–Crippen MR) is 136 cm³/mol. The lowest BCUT2D eigenvalue weighted by molar-refractivity contribution is -0.107. The molecule has 0 saturated carbocycles. The third kappa shape index (κ3) is 4.37. The monoisotopic (exact) mass is 501 g/mol. The smallest absolute Gasteiger partial charge is 0.277 e. The number of fused-ring (bicyclic) bond motifs is 2. The third-order valence-electron chi connectivity index (χ3n) is 6.33. The van der Waals surface area contributed by atoms with Crippen LogP contribution in [0.2, 0.25) is 0 Å². The van der Waals surface area contributed by atoms with Gasteiger partial charge in [-0.3, -0.25) is 19.3 Å². The summed E-state index contributed by atoms with van der Waals surface area (Å²) in [5.74, 6) is -0.818. The molecule has 0 bridgehead atoms. The lowest BCUT2D eigenvalue weighted by Crippen LogP contribution is -2.39. The minimum atomic E-state index is -0.697. The molecule has 1 aromatic heterocycles. The summed E-state index contributed by atoms with van der Waals surface area (Å²) in [6.07, 6.45) is 5.47. The number of nitrogens with zero attached hydrogens (tertiary/aromatic N) is 4. The Hall–Kier alpha value is -4.73. The number of hydrogen-bond acceptors (Lipinski definition) is 5. The van der Waals surface area contributed by atoms with Crippen LogP contribution < -0.4 is 20.3 Å². The van der Waals surface area contributed by atoms with E-state index >= 15 is 0 Å². The van der Waals surface area contributed by atoms with E-state index in [-0.39, 0.29) is 17.3 Å². The Morgan fingerprint density at radius 2 is 1.92 bits per heavy atom. The first kappa shape index (κ1) is 24.0. The van der Waals surface area contributed by atoms with Gasteiger partial charge in [-0.2, -0.15) is 5.10 Å². The van der Waals surface area contributed by atoms with Crippen molar-refractivity contribution in [1.82, 2.24) is 9.78 Å². The van der Waals surface area contributed by atoms with Crippen LogP contribution >= 0.6 is 0 Å². The summed E-state index contributed by atoms with van der Waals surface area (Å²) in [4.78, 5) is 40.1. The number of halogens is 1. The molecule has 0 saturated heterocycles. The Balaban J connectivity index is 1.49. The second-order valence-corrected chi connectivity index (χ2v) is 8.59. The van der Waals surface area contributed by atoms with Crippen molar-refractivity contribution in [1.29, 1.82) is 0 Å². The fourth-order valence-electron chi connectivity index (χ4n) is 4.60. The molecule has 0 aliphatic carbocycles. The fraction of sp³-hybridized carbons (Fsp3) is 0.185. The van der Waals surface area contributed by atoms with E-state index in [2.05, 4.69) is 5.10 Å². The number of aromatic nitrogens is 2. The van der Waals surface area contributed by atoms with Crippen molar-refractivity contribution in [2.75, 3.05) is 23.0 Å². The van der Waals surface area contributed by atoms with Gasteiger partial charge in [0.05, 0.1) is 12.3 Å². The molecule has 2 N–H and O–H groups in total. The van der Waals surface area contributed by atoms with Crippen LogP contribution in [-0.2, 0) is 17.6 Å². The highest BCUT2D eigenvalue weighted by atomic mass is 19.1. The molecule has 188 valence electrons. The number of rotatable bonds is 7. The quantitative estimate of drug-likeness (QED) is 0.394. The van der Waals surface area contributed by atoms with Crippen molar-refractivity contribution in [3.63, 3.8) is 0 Å². The Morgan fingerprint density at radius 3 is 2.62 bits per heavy atom. The van der Waals surface area contributed by atoms with E-state index in [9.17, 15) is 18.8 Å². The second-order valence-electron chi connectivity index (χ2n) is 8.59. The van der Waals surface area contributed by atoms with E-state index in [1.165, 1.54) is 16.8 Å². The molecule has 0 unspecified atom stereocenters. The first-order valence-electron chi connectivity index (χ1n) is 11.7. The lowest BCUT2D eigenvalue weighted by atomic mass is 10.0. The number of primary amides is 1. The van der Waals surface area contributed by atoms with Crippen molar-refractivity contribution in [3.05, 3.63) is 89.2 Å². The number of anilines is 2. The van der Waals surface area contributed by atoms with Crippen LogP contribution in [0, 0.1) is 0 Å². The van der Waals surface area contributed by atoms with Gasteiger partial charge in [-0.1, -0.05) is 6.08 Å². The van der Waals surface area contributed by atoms with Gasteiger partial charge in [-0.25, -0.2) is 9.07 Å². The lowest BCUT2D eigenvalue weighted by Gasteiger charge is -2.28. The summed E-state index contributed by atoms with van der Waals surface area (Å²) in [5, 5.41) is 4.42. The van der Waals surface area contributed by atoms with Crippen LogP contribution in [0.15, 0.2) is 66.6 Å². The van der Waals surface area contributed by atoms with Crippen molar-refractivity contribution < 1.29 is 23.5 Å². The molecule has 5 rings (SSSR count). The third-order valence-corrected chi connectivity index (χ3v) is 6.33. The molecule has 2 aromatic carbocycles. The molecule has 3 aromatic rings. The van der Waals surface area contributed by atoms with E-state index < -0.39 is 11.7 Å². The summed E-state index contributed by atoms with van der Waals surface area (Å²) in [7, 11) is 0. The number of benzene rings is 2. The molecule has 0 spiro atoms. The summed E-state index contributed by atoms with van der Waals surface area (Å²) in [6, 6.07) is 12.1. The Kier molecular flexibility index (Phi) is 6.31. The van der Waals surface area contributed by atoms with Crippen molar-refractivity contribution >= 4 is 29.6 Å². The number of allylic oxidation sites excluding steroid dienone is 3. The zero-order chi connectivity index (χ0) is 26.1. The van der Waals surface area contributed by atoms with Gasteiger partial charge >= 0.3 is 0 Å². The van der Waals surface area contributed by atoms with Crippen LogP contribution in [0.4, 0.5) is 15.8 Å². The first-order chi connectivity index (χ1) is 17.9. The topological polar surface area (TPSA) is 111 Å². The highest BCUT2D eigenvalue weighted by molar-refractivity contribution is 6.09. The highest BCUT2D eigenvalue weighted by Crippen LogP contribution is 2.32. The largest absolute Gasteiger partial charge is 0.493 e. The van der Waals surface area contributed by atoms with Gasteiger partial charge < -0.3 is 15.4 Å². The molecule has 3 heterocycles. The van der Waals surface area contributed by atoms with E-state index in [1.54, 1.807) is 42.2 Å². The minimum Gasteiger partial charge on any atom is -0.493 e. The molecule has 2 aliphatic heterocycles. The van der Waals surface area contributed by atoms with E-state index in [0.29, 0.717) is 48.6 Å². The molecule has 0 radical (unpaired) electrons. The van der Waals surface area contributed by atoms with Crippen LogP contribution in [0.5, 0.6) is 5.75 Å². The fourth-order valence-corrected chi connectivity index (χ4v) is 4.60. The molecule has 3 amide bonds. The summed E-state index contributed by atoms with van der Waals surface area (Å²) >= 11 is 0. The van der Waals surface area contributed by atoms with E-state index in [0.717, 1.165) is 28.8 Å². The number of carbonyl (C=O) groups excluding carboxylic acids is 3. The zero-order valence-corrected chi connectivity index (χ0v) is 20.1. The molecular weight excluding hydrogens is 477 g/mol. The first-order valence-corrected chi connectivity index (χ1v) is 11.7. The van der Waals surface area contributed by atoms with Gasteiger partial charge in [-0.15, -0.1) is 0 Å². The second kappa shape index (κ2) is 9.73.